The predicted octanol–water partition coefficient (Wildman–Crippen LogP) is 6.17. The molecule has 6 nitrogen and oxygen atoms in total. The average Bonchev–Trinajstić information content (AvgIpc) is 3.46. The molecule has 6 rings (SSSR count). The van der Waals surface area contributed by atoms with E-state index in [2.05, 4.69) is 20.9 Å². The summed E-state index contributed by atoms with van der Waals surface area (Å²) in [6.07, 6.45) is 4.52. The fourth-order valence-corrected chi connectivity index (χ4v) is 6.92. The van der Waals surface area contributed by atoms with Gasteiger partial charge in [0.25, 0.3) is 5.91 Å². The number of anilines is 1. The number of pyridine rings is 1. The van der Waals surface area contributed by atoms with Crippen LogP contribution >= 0.6 is 22.9 Å². The van der Waals surface area contributed by atoms with Gasteiger partial charge < -0.3 is 16.0 Å². The van der Waals surface area contributed by atoms with Gasteiger partial charge in [0.15, 0.2) is 6.04 Å². The van der Waals surface area contributed by atoms with Crippen molar-refractivity contribution >= 4 is 40.4 Å². The molecular formula is C26H30ClF3N4O2S. The van der Waals surface area contributed by atoms with Gasteiger partial charge in [-0.25, -0.2) is 0 Å². The Bertz CT molecular complexity index is 1160. The molecule has 1 unspecified atom stereocenters. The Balaban J connectivity index is 1.30. The molecule has 2 heterocycles. The van der Waals surface area contributed by atoms with Crippen LogP contribution < -0.4 is 16.0 Å². The van der Waals surface area contributed by atoms with Gasteiger partial charge >= 0.3 is 6.18 Å². The van der Waals surface area contributed by atoms with Gasteiger partial charge in [-0.3, -0.25) is 14.6 Å². The zero-order valence-electron chi connectivity index (χ0n) is 20.5. The van der Waals surface area contributed by atoms with E-state index in [4.69, 9.17) is 11.6 Å². The van der Waals surface area contributed by atoms with E-state index in [0.717, 1.165) is 56.3 Å². The molecule has 11 heteroatoms. The van der Waals surface area contributed by atoms with Gasteiger partial charge in [-0.1, -0.05) is 37.3 Å². The lowest BCUT2D eigenvalue weighted by Crippen LogP contribution is -2.70. The summed E-state index contributed by atoms with van der Waals surface area (Å²) in [6.45, 7) is 1.59. The maximum Gasteiger partial charge on any atom is 0.413 e. The van der Waals surface area contributed by atoms with Gasteiger partial charge in [0.2, 0.25) is 5.91 Å². The van der Waals surface area contributed by atoms with Crippen LogP contribution in [0.4, 0.5) is 18.9 Å². The number of alkyl halides is 3. The molecule has 2 amide bonds. The first-order valence-corrected chi connectivity index (χ1v) is 13.9. The van der Waals surface area contributed by atoms with E-state index in [-0.39, 0.29) is 31.9 Å². The minimum Gasteiger partial charge on any atom is -0.368 e. The Morgan fingerprint density at radius 3 is 2.54 bits per heavy atom. The minimum atomic E-state index is -4.62. The number of nitrogens with zero attached hydrogens (tertiary/aromatic N) is 1. The summed E-state index contributed by atoms with van der Waals surface area (Å²) in [5.74, 6) is 0.341. The van der Waals surface area contributed by atoms with Gasteiger partial charge in [0.05, 0.1) is 21.3 Å². The van der Waals surface area contributed by atoms with Gasteiger partial charge in [-0.05, 0) is 62.6 Å². The molecule has 0 aromatic carbocycles. The molecule has 2 atom stereocenters. The Kier molecular flexibility index (Phi) is 7.17. The Hall–Kier alpha value is -2.33. The first-order valence-electron chi connectivity index (χ1n) is 12.7. The van der Waals surface area contributed by atoms with Crippen LogP contribution in [0.15, 0.2) is 24.4 Å². The second kappa shape index (κ2) is 10.1. The van der Waals surface area contributed by atoms with Crippen LogP contribution in [0.25, 0.3) is 0 Å². The molecule has 0 spiro atoms. The summed E-state index contributed by atoms with van der Waals surface area (Å²) in [4.78, 5) is 30.3. The van der Waals surface area contributed by atoms with Crippen LogP contribution in [-0.2, 0) is 4.79 Å². The Morgan fingerprint density at radius 1 is 1.22 bits per heavy atom. The Morgan fingerprint density at radius 2 is 1.92 bits per heavy atom. The van der Waals surface area contributed by atoms with Gasteiger partial charge in [0, 0.05) is 16.6 Å². The van der Waals surface area contributed by atoms with E-state index in [1.54, 1.807) is 6.92 Å². The van der Waals surface area contributed by atoms with Crippen LogP contribution in [0.1, 0.15) is 77.7 Å². The lowest BCUT2D eigenvalue weighted by atomic mass is 9.50. The molecule has 4 fully saturated rings. The molecule has 3 N–H and O–H groups in total. The normalized spacial score (nSPS) is 24.5. The summed E-state index contributed by atoms with van der Waals surface area (Å²) >= 11 is 6.69. The second-order valence-electron chi connectivity index (χ2n) is 10.8. The highest BCUT2D eigenvalue weighted by Crippen LogP contribution is 2.57. The van der Waals surface area contributed by atoms with Crippen molar-refractivity contribution in [3.63, 3.8) is 0 Å². The van der Waals surface area contributed by atoms with Crippen molar-refractivity contribution in [3.8, 4) is 0 Å². The highest BCUT2D eigenvalue weighted by atomic mass is 35.5. The van der Waals surface area contributed by atoms with Gasteiger partial charge in [-0.2, -0.15) is 13.2 Å². The summed E-state index contributed by atoms with van der Waals surface area (Å²) in [7, 11) is 0. The summed E-state index contributed by atoms with van der Waals surface area (Å²) in [6, 6.07) is 1.32. The third-order valence-corrected chi connectivity index (χ3v) is 9.26. The summed E-state index contributed by atoms with van der Waals surface area (Å²) in [5, 5.41) is 8.68. The molecule has 4 aliphatic carbocycles. The van der Waals surface area contributed by atoms with E-state index in [1.807, 2.05) is 0 Å². The maximum atomic E-state index is 14.0. The van der Waals surface area contributed by atoms with Crippen molar-refractivity contribution in [3.05, 3.63) is 44.9 Å². The molecule has 0 radical (unpaired) electrons. The molecule has 2 aromatic rings. The quantitative estimate of drug-likeness (QED) is 0.346. The third-order valence-electron chi connectivity index (χ3n) is 7.91. The molecule has 4 aliphatic rings. The molecule has 0 saturated heterocycles. The number of aromatic nitrogens is 1. The van der Waals surface area contributed by atoms with Crippen molar-refractivity contribution in [2.24, 2.45) is 11.8 Å². The number of hydrogen-bond donors (Lipinski definition) is 3. The number of rotatable bonds is 9. The number of nitrogens with one attached hydrogen (secondary N) is 3. The van der Waals surface area contributed by atoms with E-state index in [1.165, 1.54) is 24.4 Å². The minimum absolute atomic E-state index is 0.0670. The van der Waals surface area contributed by atoms with Crippen molar-refractivity contribution in [1.82, 2.24) is 15.6 Å². The van der Waals surface area contributed by atoms with E-state index in [0.29, 0.717) is 24.0 Å². The third kappa shape index (κ3) is 5.74. The summed E-state index contributed by atoms with van der Waals surface area (Å²) in [5.41, 5.74) is 0.420. The second-order valence-corrected chi connectivity index (χ2v) is 12.3. The smallest absolute Gasteiger partial charge is 0.368 e. The highest BCUT2D eigenvalue weighted by molar-refractivity contribution is 7.14. The van der Waals surface area contributed by atoms with E-state index in [9.17, 15) is 22.8 Å². The van der Waals surface area contributed by atoms with Crippen LogP contribution in [0.2, 0.25) is 5.02 Å². The number of thiophene rings is 1. The maximum absolute atomic E-state index is 14.0. The van der Waals surface area contributed by atoms with Crippen molar-refractivity contribution < 1.29 is 22.8 Å². The van der Waals surface area contributed by atoms with Crippen molar-refractivity contribution in [2.75, 3.05) is 5.32 Å². The van der Waals surface area contributed by atoms with Crippen molar-refractivity contribution in [2.45, 2.75) is 82.1 Å². The predicted molar refractivity (Wildman–Crippen MR) is 137 cm³/mol. The molecular weight excluding hydrogens is 525 g/mol. The highest BCUT2D eigenvalue weighted by Gasteiger charge is 2.57. The fraction of sp³-hybridized carbons (Fsp3) is 0.577. The molecule has 37 heavy (non-hydrogen) atoms. The first-order chi connectivity index (χ1) is 17.5. The number of hydrogen-bond acceptors (Lipinski definition) is 5. The molecule has 2 aromatic heterocycles. The number of aryl methyl sites for hydroxylation is 1. The molecule has 4 saturated carbocycles. The Labute approximate surface area is 222 Å². The molecule has 2 bridgehead atoms. The van der Waals surface area contributed by atoms with Crippen LogP contribution in [0.3, 0.4) is 0 Å². The largest absolute Gasteiger partial charge is 0.413 e. The van der Waals surface area contributed by atoms with Gasteiger partial charge in [-0.15, -0.1) is 11.3 Å². The lowest BCUT2D eigenvalue weighted by molar-refractivity contribution is -0.143. The van der Waals surface area contributed by atoms with Gasteiger partial charge in [0.1, 0.15) is 6.04 Å². The molecule has 200 valence electrons. The summed E-state index contributed by atoms with van der Waals surface area (Å²) < 4.78 is 42.0. The van der Waals surface area contributed by atoms with E-state index < -0.39 is 24.2 Å². The van der Waals surface area contributed by atoms with Crippen LogP contribution in [-0.4, -0.2) is 34.6 Å². The standard InChI is InChI=1S/C26H30ClF3N4O2S/c1-14-18(9-17(27)13-31-14)32-22(26(28,29)30)20-6-7-21(37-20)24(36)33-19(8-15-4-2-3-5-15)23(35)34-25-10-16(11-25)12-25/h6-7,9,13,15-16,19,22,32H,2-5,8,10-12H2,1H3,(H,33,36)(H,34,35)/t16?,19-,22?,25?/m0/s1. The zero-order chi connectivity index (χ0) is 26.4. The number of amides is 2. The van der Waals surface area contributed by atoms with Crippen molar-refractivity contribution in [1.29, 1.82) is 0 Å². The average molecular weight is 555 g/mol. The van der Waals surface area contributed by atoms with Crippen LogP contribution in [0, 0.1) is 18.8 Å². The first kappa shape index (κ1) is 26.3. The molecule has 0 aliphatic heterocycles. The SMILES string of the molecule is Cc1ncc(Cl)cc1NC(c1ccc(C(=O)N[C@@H](CC2CCCC2)C(=O)NC23CC(C2)C3)s1)C(F)(F)F. The monoisotopic (exact) mass is 554 g/mol. The van der Waals surface area contributed by atoms with E-state index >= 15 is 0 Å². The topological polar surface area (TPSA) is 83.1 Å². The number of carbonyl (C=O) groups excluding carboxylic acids is 2. The number of halogens is 4. The zero-order valence-corrected chi connectivity index (χ0v) is 22.0. The fourth-order valence-electron chi connectivity index (χ4n) is 5.77. The van der Waals surface area contributed by atoms with Crippen LogP contribution in [0.5, 0.6) is 0 Å². The lowest BCUT2D eigenvalue weighted by Gasteiger charge is -2.62. The number of carbonyl (C=O) groups is 2.